The molecule has 7 aliphatic heterocycles. The number of aliphatic carboxylic acids is 1. The van der Waals surface area contributed by atoms with Gasteiger partial charge in [-0.15, -0.1) is 0 Å². The number of aliphatic hydroxyl groups excluding tert-OH is 24. The van der Waals surface area contributed by atoms with E-state index in [9.17, 15) is 152 Å². The number of phosphoric ester groups is 1. The topological polar surface area (TPSA) is 756 Å². The summed E-state index contributed by atoms with van der Waals surface area (Å²) in [6.07, 6.45) is -89.4. The highest BCUT2D eigenvalue weighted by Gasteiger charge is 2.62. The minimum atomic E-state index is -5.97. The lowest BCUT2D eigenvalue weighted by Crippen LogP contribution is -2.71. The first-order valence-corrected chi connectivity index (χ1v) is 30.4. The van der Waals surface area contributed by atoms with Crippen molar-refractivity contribution in [3.8, 4) is 0 Å². The molecule has 45 nitrogen and oxygen atoms in total. The normalized spacial score (nSPS) is 48.3. The van der Waals surface area contributed by atoms with E-state index in [-0.39, 0.29) is 0 Å². The molecule has 0 aliphatic carbocycles. The molecule has 0 aromatic rings. The van der Waals surface area contributed by atoms with Crippen molar-refractivity contribution in [2.75, 3.05) is 46.2 Å². The summed E-state index contributed by atoms with van der Waals surface area (Å²) in [5.74, 6) is -5.91. The Hall–Kier alpha value is -1.98. The van der Waals surface area contributed by atoms with Gasteiger partial charge < -0.3 is 210 Å². The van der Waals surface area contributed by atoms with Crippen molar-refractivity contribution < 1.29 is 218 Å². The third-order valence-electron chi connectivity index (χ3n) is 16.8. The predicted octanol–water partition coefficient (Wildman–Crippen LogP) is -18.9. The molecule has 0 saturated carbocycles. The van der Waals surface area contributed by atoms with Crippen LogP contribution < -0.4 is 5.73 Å². The molecule has 7 heterocycles. The average Bonchev–Trinajstić information content (AvgIpc) is 0.757. The van der Waals surface area contributed by atoms with Gasteiger partial charge in [0.25, 0.3) is 5.79 Å². The summed E-state index contributed by atoms with van der Waals surface area (Å²) in [7, 11) is -5.97. The minimum absolute atomic E-state index is 0.881. The predicted molar refractivity (Wildman–Crippen MR) is 280 cm³/mol. The SMILES string of the molecule is N[C@H]1[C@@H](OC[C@H](O)[C@H]2O[C@H](O[C@@H]3[C@@H](O[C@@H]4[C@H](O)[C@@H](O[C@H]5[C@@H]([C@H](O)CO)O[C@@](O)(C(=O)O)C[C@H]5OP(=O)(O)O)O[C@H]([C@H](CO)O[C@H]5O[C@H]([C@@H](O)CO)[C@@H](O)[C@H](O)[C@@H]5O)[C@H]4O[C@@H]4O[C@H](CO)[C@@H](O)[C@H](O)[C@H]4O)O[C@H]([C@@H](O)CO)[C@@H](O)[C@@H]3O)[C@@H](O)[C@@H](O)[C@@H]2O)O[C@H](CO)[C@@H](O)[C@@H]1O. The number of ether oxygens (including phenoxy) is 13. The van der Waals surface area contributed by atoms with Gasteiger partial charge in [-0.2, -0.15) is 0 Å². The van der Waals surface area contributed by atoms with Crippen LogP contribution in [0.2, 0.25) is 0 Å². The molecule has 46 heteroatoms. The van der Waals surface area contributed by atoms with Gasteiger partial charge in [0.1, 0.15) is 189 Å². The lowest BCUT2D eigenvalue weighted by atomic mass is 9.91. The molecule has 7 rings (SSSR count). The van der Waals surface area contributed by atoms with Crippen LogP contribution in [0.25, 0.3) is 0 Å². The summed E-state index contributed by atoms with van der Waals surface area (Å²) in [5.41, 5.74) is 5.92. The zero-order valence-corrected chi connectivity index (χ0v) is 49.6. The Morgan fingerprint density at radius 3 is 1.39 bits per heavy atom. The molecule has 550 valence electrons. The number of nitrogens with two attached hydrogens (primary N) is 1. The molecule has 0 aromatic heterocycles. The second-order valence-electron chi connectivity index (χ2n) is 23.2. The van der Waals surface area contributed by atoms with Gasteiger partial charge in [0.15, 0.2) is 37.7 Å². The third-order valence-corrected chi connectivity index (χ3v) is 17.3. The zero-order chi connectivity index (χ0) is 70.1. The lowest BCUT2D eigenvalue weighted by molar-refractivity contribution is -0.418. The van der Waals surface area contributed by atoms with E-state index in [0.717, 1.165) is 0 Å². The molecular formula is C48H84NO44P. The van der Waals surface area contributed by atoms with E-state index in [1.807, 2.05) is 0 Å². The van der Waals surface area contributed by atoms with E-state index in [1.54, 1.807) is 0 Å². The van der Waals surface area contributed by atoms with Crippen LogP contribution in [-0.4, -0.2) is 434 Å². The second kappa shape index (κ2) is 33.2. The van der Waals surface area contributed by atoms with Crippen LogP contribution in [0.5, 0.6) is 0 Å². The fraction of sp³-hybridized carbons (Fsp3) is 0.979. The second-order valence-corrected chi connectivity index (χ2v) is 24.4. The Morgan fingerprint density at radius 1 is 0.457 bits per heavy atom. The molecule has 0 spiro atoms. The van der Waals surface area contributed by atoms with Gasteiger partial charge in [-0.3, -0.25) is 4.52 Å². The van der Waals surface area contributed by atoms with E-state index in [2.05, 4.69) is 0 Å². The highest BCUT2D eigenvalue weighted by Crippen LogP contribution is 2.46. The van der Waals surface area contributed by atoms with Gasteiger partial charge >= 0.3 is 13.8 Å². The maximum Gasteiger partial charge on any atom is 0.469 e. The fourth-order valence-electron chi connectivity index (χ4n) is 11.5. The number of carboxylic acids is 1. The molecule has 0 radical (unpaired) electrons. The third kappa shape index (κ3) is 17.1. The Morgan fingerprint density at radius 2 is 0.872 bits per heavy atom. The van der Waals surface area contributed by atoms with E-state index < -0.39 is 305 Å². The first-order chi connectivity index (χ1) is 44.0. The van der Waals surface area contributed by atoms with Gasteiger partial charge in [-0.05, 0) is 0 Å². The first kappa shape index (κ1) is 79.3. The van der Waals surface area contributed by atoms with Crippen LogP contribution >= 0.6 is 7.82 Å². The Kier molecular flexibility index (Phi) is 28.0. The lowest BCUT2D eigenvalue weighted by Gasteiger charge is -2.53. The highest BCUT2D eigenvalue weighted by atomic mass is 31.2. The summed E-state index contributed by atoms with van der Waals surface area (Å²) in [6, 6.07) is -1.56. The van der Waals surface area contributed by atoms with Gasteiger partial charge in [-0.1, -0.05) is 0 Å². The molecular weight excluding hydrogens is 1330 g/mol. The van der Waals surface area contributed by atoms with Crippen molar-refractivity contribution in [1.82, 2.24) is 0 Å². The average molecular weight is 1410 g/mol. The molecule has 0 bridgehead atoms. The number of hydrogen-bond donors (Lipinski definition) is 29. The van der Waals surface area contributed by atoms with Crippen molar-refractivity contribution in [2.24, 2.45) is 5.73 Å². The summed E-state index contributed by atoms with van der Waals surface area (Å²) in [6.45, 7) is -8.70. The van der Waals surface area contributed by atoms with Gasteiger partial charge in [0.2, 0.25) is 0 Å². The molecule has 7 fully saturated rings. The van der Waals surface area contributed by atoms with Crippen molar-refractivity contribution in [3.63, 3.8) is 0 Å². The number of hydrogen-bond acceptors (Lipinski definition) is 42. The molecule has 0 unspecified atom stereocenters. The van der Waals surface area contributed by atoms with Crippen LogP contribution in [-0.2, 0) is 75.5 Å². The highest BCUT2D eigenvalue weighted by molar-refractivity contribution is 7.46. The summed E-state index contributed by atoms with van der Waals surface area (Å²) < 4.78 is 92.0. The van der Waals surface area contributed by atoms with Crippen molar-refractivity contribution >= 4 is 13.8 Å². The van der Waals surface area contributed by atoms with E-state index >= 15 is 0 Å². The molecule has 0 aromatic carbocycles. The smallest absolute Gasteiger partial charge is 0.469 e. The Bertz CT molecular complexity index is 2400. The monoisotopic (exact) mass is 1410 g/mol. The standard InChI is InChI=1S/C48H84NO44P/c49-17-20(62)18(60)14(5-53)81-41(17)80-8-12(59)34-25(67)23(65)30(72)44(85-34)90-39-27(69)26(68)33(10(57)3-51)86-46(39)89-38-31(73)45(87-36-13(93-94(77,78)79)1-48(76,47(74)75)92-35(36)11(58)4-52)88-37(40(38)91-42-28(70)21(63)19(61)15(6-54)82-42)16(7-55)83-43-29(71)22(64)24(66)32(84-43)9(56)2-50/h9-46,50-73,76H,1-8,49H2,(H,74,75)(H2,77,78,79)/t9-,10-,11+,12-,13+,14+,15+,16-,17+,18+,19+,20+,21-,22-,23-,24-,25-,26-,27-,28+,29-,30-,31-,32+,33+,34+,35+,36+,37+,38+,39-,40+,41-,42-,43-,44+,45-,46+,48+/m0/s1. The van der Waals surface area contributed by atoms with Crippen LogP contribution in [0, 0.1) is 0 Å². The molecule has 0 amide bonds. The van der Waals surface area contributed by atoms with Crippen molar-refractivity contribution in [3.05, 3.63) is 0 Å². The molecule has 39 atom stereocenters. The Labute approximate surface area is 528 Å². The van der Waals surface area contributed by atoms with E-state index in [4.69, 9.17) is 71.8 Å². The fourth-order valence-corrected chi connectivity index (χ4v) is 12.0. The summed E-state index contributed by atoms with van der Waals surface area (Å²) in [4.78, 5) is 32.5. The number of phosphoric acid groups is 1. The maximum absolute atomic E-state index is 12.8. The van der Waals surface area contributed by atoms with Crippen LogP contribution in [0.1, 0.15) is 6.42 Å². The van der Waals surface area contributed by atoms with Crippen molar-refractivity contribution in [1.29, 1.82) is 0 Å². The molecule has 94 heavy (non-hydrogen) atoms. The number of carbonyl (C=O) groups is 1. The summed E-state index contributed by atoms with van der Waals surface area (Å²) >= 11 is 0. The maximum atomic E-state index is 12.8. The zero-order valence-electron chi connectivity index (χ0n) is 48.7. The number of carboxylic acid groups (broad SMARTS) is 1. The van der Waals surface area contributed by atoms with Crippen LogP contribution in [0.15, 0.2) is 0 Å². The first-order valence-electron chi connectivity index (χ1n) is 28.9. The number of aliphatic hydroxyl groups is 25. The van der Waals surface area contributed by atoms with Crippen LogP contribution in [0.3, 0.4) is 0 Å². The van der Waals surface area contributed by atoms with E-state index in [0.29, 0.717) is 0 Å². The minimum Gasteiger partial charge on any atom is -0.477 e. The van der Waals surface area contributed by atoms with E-state index in [1.165, 1.54) is 0 Å². The largest absolute Gasteiger partial charge is 0.477 e. The molecule has 7 aliphatic rings. The van der Waals surface area contributed by atoms with Gasteiger partial charge in [0, 0.05) is 6.42 Å². The van der Waals surface area contributed by atoms with Gasteiger partial charge in [-0.25, -0.2) is 9.36 Å². The van der Waals surface area contributed by atoms with Gasteiger partial charge in [0.05, 0.1) is 52.3 Å². The molecule has 30 N–H and O–H groups in total. The molecule has 7 saturated heterocycles. The van der Waals surface area contributed by atoms with Crippen LogP contribution in [0.4, 0.5) is 0 Å². The number of rotatable bonds is 27. The summed E-state index contributed by atoms with van der Waals surface area (Å²) in [5, 5.41) is 282. The Balaban J connectivity index is 1.36. The quantitative estimate of drug-likeness (QED) is 0.0340. The van der Waals surface area contributed by atoms with Crippen molar-refractivity contribution in [2.45, 2.75) is 245 Å².